The minimum absolute atomic E-state index is 0.688. The molecule has 224 valence electrons. The maximum absolute atomic E-state index is 5.19. The van der Waals surface area contributed by atoms with Gasteiger partial charge in [0.25, 0.3) is 0 Å². The van der Waals surface area contributed by atoms with E-state index in [9.17, 15) is 0 Å². The van der Waals surface area contributed by atoms with E-state index >= 15 is 0 Å². The zero-order valence-electron chi connectivity index (χ0n) is 26.1. The Bertz CT molecular complexity index is 2590. The first-order chi connectivity index (χ1) is 23.8. The van der Waals surface area contributed by atoms with Crippen molar-refractivity contribution in [1.82, 2.24) is 15.0 Å². The SMILES string of the molecule is c1ccc(-c2cc(-c3ccccc3-c3cccnc3)nc(-c3ccc(-c4c5ccccc5cc5c4ccc4ccccc45)cc3)n2)cc1. The summed E-state index contributed by atoms with van der Waals surface area (Å²) in [6.07, 6.45) is 3.70. The molecule has 0 spiro atoms. The molecule has 0 aliphatic rings. The van der Waals surface area contributed by atoms with Gasteiger partial charge in [0.15, 0.2) is 5.82 Å². The van der Waals surface area contributed by atoms with E-state index in [0.717, 1.165) is 44.8 Å². The molecule has 0 aliphatic heterocycles. The Morgan fingerprint density at radius 1 is 0.354 bits per heavy atom. The van der Waals surface area contributed by atoms with Gasteiger partial charge >= 0.3 is 0 Å². The third-order valence-corrected chi connectivity index (χ3v) is 9.17. The van der Waals surface area contributed by atoms with E-state index in [1.807, 2.05) is 30.5 Å². The van der Waals surface area contributed by atoms with E-state index in [1.165, 1.54) is 37.9 Å². The lowest BCUT2D eigenvalue weighted by Crippen LogP contribution is -1.97. The number of nitrogens with zero attached hydrogens (tertiary/aromatic N) is 3. The molecule has 0 unspecified atom stereocenters. The molecule has 2 heterocycles. The average Bonchev–Trinajstić information content (AvgIpc) is 3.17. The van der Waals surface area contributed by atoms with Crippen LogP contribution in [-0.2, 0) is 0 Å². The summed E-state index contributed by atoms with van der Waals surface area (Å²) in [6, 6.07) is 57.7. The third kappa shape index (κ3) is 4.90. The van der Waals surface area contributed by atoms with Crippen molar-refractivity contribution in [3.8, 4) is 56.2 Å². The number of pyridine rings is 1. The van der Waals surface area contributed by atoms with E-state index in [-0.39, 0.29) is 0 Å². The van der Waals surface area contributed by atoms with Crippen molar-refractivity contribution >= 4 is 32.3 Å². The molecule has 0 saturated heterocycles. The Balaban J connectivity index is 1.21. The Morgan fingerprint density at radius 2 is 1.02 bits per heavy atom. The fraction of sp³-hybridized carbons (Fsp3) is 0. The van der Waals surface area contributed by atoms with Gasteiger partial charge in [-0.3, -0.25) is 4.98 Å². The van der Waals surface area contributed by atoms with Gasteiger partial charge in [-0.15, -0.1) is 0 Å². The summed E-state index contributed by atoms with van der Waals surface area (Å²) < 4.78 is 0. The second-order valence-corrected chi connectivity index (χ2v) is 12.0. The standard InChI is InChI=1S/C45H29N3/c1-2-12-31(13-3-1)42-28-43(39-19-9-8-17-37(39)35-15-10-26-46-29-35)48-45(47-42)33-22-20-32(21-23-33)44-38-18-7-5-14-34(38)27-41-36-16-6-4-11-30(36)24-25-40(41)44/h1-29H. The van der Waals surface area contributed by atoms with E-state index in [2.05, 4.69) is 145 Å². The second-order valence-electron chi connectivity index (χ2n) is 12.0. The summed E-state index contributed by atoms with van der Waals surface area (Å²) in [5.74, 6) is 0.688. The maximum Gasteiger partial charge on any atom is 0.160 e. The van der Waals surface area contributed by atoms with Crippen LogP contribution in [0, 0.1) is 0 Å². The summed E-state index contributed by atoms with van der Waals surface area (Å²) in [4.78, 5) is 14.7. The lowest BCUT2D eigenvalue weighted by molar-refractivity contribution is 1.18. The first-order valence-electron chi connectivity index (χ1n) is 16.2. The minimum atomic E-state index is 0.688. The van der Waals surface area contributed by atoms with Crippen LogP contribution in [0.15, 0.2) is 176 Å². The van der Waals surface area contributed by atoms with Crippen LogP contribution in [-0.4, -0.2) is 15.0 Å². The van der Waals surface area contributed by atoms with Crippen molar-refractivity contribution in [2.24, 2.45) is 0 Å². The molecular formula is C45H29N3. The average molecular weight is 612 g/mol. The molecule has 9 rings (SSSR count). The van der Waals surface area contributed by atoms with Crippen LogP contribution >= 0.6 is 0 Å². The van der Waals surface area contributed by atoms with Gasteiger partial charge in [0.05, 0.1) is 11.4 Å². The van der Waals surface area contributed by atoms with E-state index in [4.69, 9.17) is 9.97 Å². The first-order valence-corrected chi connectivity index (χ1v) is 16.2. The molecule has 0 bridgehead atoms. The van der Waals surface area contributed by atoms with Crippen molar-refractivity contribution in [1.29, 1.82) is 0 Å². The molecule has 0 aliphatic carbocycles. The molecule has 3 heteroatoms. The molecule has 9 aromatic rings. The van der Waals surface area contributed by atoms with Gasteiger partial charge in [0.1, 0.15) is 0 Å². The molecule has 0 atom stereocenters. The summed E-state index contributed by atoms with van der Waals surface area (Å²) >= 11 is 0. The van der Waals surface area contributed by atoms with Crippen LogP contribution in [0.5, 0.6) is 0 Å². The number of benzene rings is 7. The normalized spacial score (nSPS) is 11.3. The van der Waals surface area contributed by atoms with Gasteiger partial charge in [-0.2, -0.15) is 0 Å². The maximum atomic E-state index is 5.19. The minimum Gasteiger partial charge on any atom is -0.264 e. The summed E-state index contributed by atoms with van der Waals surface area (Å²) in [5, 5.41) is 7.50. The lowest BCUT2D eigenvalue weighted by atomic mass is 9.89. The van der Waals surface area contributed by atoms with Gasteiger partial charge in [0.2, 0.25) is 0 Å². The highest BCUT2D eigenvalue weighted by atomic mass is 14.9. The fourth-order valence-corrected chi connectivity index (χ4v) is 6.87. The third-order valence-electron chi connectivity index (χ3n) is 9.17. The smallest absolute Gasteiger partial charge is 0.160 e. The molecule has 7 aromatic carbocycles. The summed E-state index contributed by atoms with van der Waals surface area (Å²) in [5.41, 5.74) is 9.34. The van der Waals surface area contributed by atoms with Crippen molar-refractivity contribution < 1.29 is 0 Å². The van der Waals surface area contributed by atoms with Crippen LogP contribution in [0.4, 0.5) is 0 Å². The van der Waals surface area contributed by atoms with Crippen LogP contribution < -0.4 is 0 Å². The highest BCUT2D eigenvalue weighted by molar-refractivity contribution is 6.20. The Morgan fingerprint density at radius 3 is 1.83 bits per heavy atom. The number of fused-ring (bicyclic) bond motifs is 4. The first kappa shape index (κ1) is 27.8. The van der Waals surface area contributed by atoms with Gasteiger partial charge < -0.3 is 0 Å². The van der Waals surface area contributed by atoms with Crippen molar-refractivity contribution in [3.63, 3.8) is 0 Å². The Hall–Kier alpha value is -6.45. The zero-order chi connectivity index (χ0) is 31.9. The van der Waals surface area contributed by atoms with Gasteiger partial charge in [0, 0.05) is 34.6 Å². The predicted molar refractivity (Wildman–Crippen MR) is 200 cm³/mol. The van der Waals surface area contributed by atoms with Gasteiger partial charge in [-0.1, -0.05) is 146 Å². The Labute approximate surface area is 278 Å². The Kier molecular flexibility index (Phi) is 6.80. The monoisotopic (exact) mass is 611 g/mol. The summed E-state index contributed by atoms with van der Waals surface area (Å²) in [6.45, 7) is 0. The number of hydrogen-bond acceptors (Lipinski definition) is 3. The molecule has 0 amide bonds. The van der Waals surface area contributed by atoms with Crippen LogP contribution in [0.1, 0.15) is 0 Å². The molecule has 0 radical (unpaired) electrons. The highest BCUT2D eigenvalue weighted by Gasteiger charge is 2.16. The van der Waals surface area contributed by atoms with E-state index in [1.54, 1.807) is 6.20 Å². The molecule has 0 fully saturated rings. The highest BCUT2D eigenvalue weighted by Crippen LogP contribution is 2.40. The van der Waals surface area contributed by atoms with E-state index in [0.29, 0.717) is 5.82 Å². The molecule has 2 aromatic heterocycles. The number of rotatable bonds is 5. The van der Waals surface area contributed by atoms with E-state index < -0.39 is 0 Å². The molecule has 3 nitrogen and oxygen atoms in total. The van der Waals surface area contributed by atoms with Crippen LogP contribution in [0.3, 0.4) is 0 Å². The molecule has 48 heavy (non-hydrogen) atoms. The molecule has 0 N–H and O–H groups in total. The number of hydrogen-bond donors (Lipinski definition) is 0. The van der Waals surface area contributed by atoms with Crippen molar-refractivity contribution in [2.75, 3.05) is 0 Å². The van der Waals surface area contributed by atoms with Gasteiger partial charge in [-0.25, -0.2) is 9.97 Å². The van der Waals surface area contributed by atoms with Crippen LogP contribution in [0.25, 0.3) is 88.5 Å². The quantitative estimate of drug-likeness (QED) is 0.144. The van der Waals surface area contributed by atoms with Crippen LogP contribution in [0.2, 0.25) is 0 Å². The van der Waals surface area contributed by atoms with Crippen molar-refractivity contribution in [2.45, 2.75) is 0 Å². The largest absolute Gasteiger partial charge is 0.264 e. The predicted octanol–water partition coefficient (Wildman–Crippen LogP) is 11.7. The molecular weight excluding hydrogens is 583 g/mol. The topological polar surface area (TPSA) is 38.7 Å². The molecule has 0 saturated carbocycles. The lowest BCUT2D eigenvalue weighted by Gasteiger charge is -2.15. The van der Waals surface area contributed by atoms with Crippen molar-refractivity contribution in [3.05, 3.63) is 176 Å². The zero-order valence-corrected chi connectivity index (χ0v) is 26.1. The second kappa shape index (κ2) is 11.7. The van der Waals surface area contributed by atoms with Gasteiger partial charge in [-0.05, 0) is 67.2 Å². The number of aromatic nitrogens is 3. The fourth-order valence-electron chi connectivity index (χ4n) is 6.87. The summed E-state index contributed by atoms with van der Waals surface area (Å²) in [7, 11) is 0.